The fraction of sp³-hybridized carbons (Fsp3) is 0.391. The van der Waals surface area contributed by atoms with E-state index in [-0.39, 0.29) is 18.4 Å². The van der Waals surface area contributed by atoms with Crippen molar-refractivity contribution in [2.24, 2.45) is 0 Å². The van der Waals surface area contributed by atoms with E-state index in [2.05, 4.69) is 5.32 Å². The van der Waals surface area contributed by atoms with E-state index in [9.17, 15) is 22.8 Å². The minimum atomic E-state index is -4.41. The minimum Gasteiger partial charge on any atom is -0.339 e. The van der Waals surface area contributed by atoms with Crippen molar-refractivity contribution in [1.82, 2.24) is 9.80 Å². The number of anilines is 1. The van der Waals surface area contributed by atoms with E-state index in [0.717, 1.165) is 12.1 Å². The molecule has 0 saturated heterocycles. The van der Waals surface area contributed by atoms with Gasteiger partial charge in [-0.2, -0.15) is 13.2 Å². The Balaban J connectivity index is 2.05. The molecule has 31 heavy (non-hydrogen) atoms. The molecule has 1 unspecified atom stereocenters. The van der Waals surface area contributed by atoms with E-state index in [1.165, 1.54) is 6.07 Å². The molecule has 0 fully saturated rings. The molecule has 1 atom stereocenters. The molecule has 0 aliphatic heterocycles. The van der Waals surface area contributed by atoms with Gasteiger partial charge in [-0.25, -0.2) is 0 Å². The lowest BCUT2D eigenvalue weighted by Crippen LogP contribution is -2.39. The average molecular weight is 435 g/mol. The molecule has 8 heteroatoms. The molecule has 0 aliphatic carbocycles. The summed E-state index contributed by atoms with van der Waals surface area (Å²) in [4.78, 5) is 28.5. The summed E-state index contributed by atoms with van der Waals surface area (Å²) in [6, 6.07) is 11.2. The molecule has 2 amide bonds. The molecule has 2 aromatic carbocycles. The quantitative estimate of drug-likeness (QED) is 0.657. The number of alkyl halides is 3. The van der Waals surface area contributed by atoms with Gasteiger partial charge in [0, 0.05) is 30.9 Å². The van der Waals surface area contributed by atoms with Gasteiger partial charge in [0.1, 0.15) is 0 Å². The van der Waals surface area contributed by atoms with Crippen molar-refractivity contribution in [2.75, 3.05) is 25.5 Å². The second-order valence-corrected chi connectivity index (χ2v) is 7.34. The predicted octanol–water partition coefficient (Wildman–Crippen LogP) is 4.65. The number of likely N-dealkylation sites (N-methyl/N-ethyl adjacent to an activating group) is 1. The SMILES string of the molecule is CCN(CC)C(=O)c1cccc(NC(=O)C(C)N(C)Cc2cccc(C(F)(F)F)c2)c1. The Kier molecular flexibility index (Phi) is 8.21. The molecule has 0 spiro atoms. The van der Waals surface area contributed by atoms with Crippen LogP contribution in [0, 0.1) is 0 Å². The maximum Gasteiger partial charge on any atom is 0.416 e. The van der Waals surface area contributed by atoms with E-state index in [0.29, 0.717) is 29.9 Å². The first-order chi connectivity index (χ1) is 14.6. The molecule has 0 heterocycles. The number of rotatable bonds is 8. The van der Waals surface area contributed by atoms with Crippen LogP contribution in [-0.4, -0.2) is 47.8 Å². The molecule has 0 saturated carbocycles. The number of nitrogens with zero attached hydrogens (tertiary/aromatic N) is 2. The van der Waals surface area contributed by atoms with Crippen molar-refractivity contribution in [3.63, 3.8) is 0 Å². The summed E-state index contributed by atoms with van der Waals surface area (Å²) in [5.74, 6) is -0.433. The number of benzene rings is 2. The molecule has 0 aromatic heterocycles. The van der Waals surface area contributed by atoms with Crippen LogP contribution in [0.25, 0.3) is 0 Å². The van der Waals surface area contributed by atoms with Crippen LogP contribution >= 0.6 is 0 Å². The van der Waals surface area contributed by atoms with Crippen molar-refractivity contribution < 1.29 is 22.8 Å². The van der Waals surface area contributed by atoms with Crippen molar-refractivity contribution in [3.05, 3.63) is 65.2 Å². The highest BCUT2D eigenvalue weighted by molar-refractivity contribution is 5.98. The summed E-state index contributed by atoms with van der Waals surface area (Å²) in [6.45, 7) is 6.82. The molecule has 0 aliphatic rings. The third kappa shape index (κ3) is 6.55. The monoisotopic (exact) mass is 435 g/mol. The number of carbonyl (C=O) groups excluding carboxylic acids is 2. The van der Waals surface area contributed by atoms with E-state index < -0.39 is 17.8 Å². The van der Waals surface area contributed by atoms with Crippen LogP contribution < -0.4 is 5.32 Å². The number of nitrogens with one attached hydrogen (secondary N) is 1. The van der Waals surface area contributed by atoms with E-state index in [4.69, 9.17) is 0 Å². The Hall–Kier alpha value is -2.87. The minimum absolute atomic E-state index is 0.115. The molecule has 2 rings (SSSR count). The normalized spacial score (nSPS) is 12.5. The first kappa shape index (κ1) is 24.4. The van der Waals surface area contributed by atoms with Gasteiger partial charge in [0.15, 0.2) is 0 Å². The van der Waals surface area contributed by atoms with Crippen LogP contribution in [0.1, 0.15) is 42.3 Å². The second kappa shape index (κ2) is 10.4. The number of hydrogen-bond acceptors (Lipinski definition) is 3. The first-order valence-electron chi connectivity index (χ1n) is 10.1. The fourth-order valence-electron chi connectivity index (χ4n) is 3.14. The number of carbonyl (C=O) groups is 2. The highest BCUT2D eigenvalue weighted by Crippen LogP contribution is 2.29. The topological polar surface area (TPSA) is 52.7 Å². The molecular formula is C23H28F3N3O2. The van der Waals surface area contributed by atoms with Gasteiger partial charge in [0.05, 0.1) is 11.6 Å². The van der Waals surface area contributed by atoms with Crippen LogP contribution in [0.15, 0.2) is 48.5 Å². The van der Waals surface area contributed by atoms with Gasteiger partial charge in [-0.15, -0.1) is 0 Å². The van der Waals surface area contributed by atoms with Gasteiger partial charge in [-0.05, 0) is 57.6 Å². The molecule has 1 N–H and O–H groups in total. The third-order valence-corrected chi connectivity index (χ3v) is 5.15. The van der Waals surface area contributed by atoms with Crippen LogP contribution in [0.5, 0.6) is 0 Å². The van der Waals surface area contributed by atoms with E-state index in [1.807, 2.05) is 13.8 Å². The molecule has 5 nitrogen and oxygen atoms in total. The summed E-state index contributed by atoms with van der Waals surface area (Å²) in [7, 11) is 1.67. The van der Waals surface area contributed by atoms with E-state index in [1.54, 1.807) is 54.1 Å². The summed E-state index contributed by atoms with van der Waals surface area (Å²) < 4.78 is 38.7. The zero-order valence-electron chi connectivity index (χ0n) is 18.2. The summed E-state index contributed by atoms with van der Waals surface area (Å²) in [5.41, 5.74) is 0.711. The van der Waals surface area contributed by atoms with Gasteiger partial charge in [-0.3, -0.25) is 14.5 Å². The first-order valence-corrected chi connectivity index (χ1v) is 10.1. The van der Waals surface area contributed by atoms with Gasteiger partial charge >= 0.3 is 6.18 Å². The maximum absolute atomic E-state index is 12.9. The highest BCUT2D eigenvalue weighted by atomic mass is 19.4. The number of hydrogen-bond donors (Lipinski definition) is 1. The van der Waals surface area contributed by atoms with Gasteiger partial charge < -0.3 is 10.2 Å². The lowest BCUT2D eigenvalue weighted by atomic mass is 10.1. The zero-order valence-corrected chi connectivity index (χ0v) is 18.2. The maximum atomic E-state index is 12.9. The standard InChI is InChI=1S/C23H28F3N3O2/c1-5-29(6-2)22(31)18-10-8-12-20(14-18)27-21(30)16(3)28(4)15-17-9-7-11-19(13-17)23(24,25)26/h7-14,16H,5-6,15H2,1-4H3,(H,27,30). The smallest absolute Gasteiger partial charge is 0.339 e. The fourth-order valence-corrected chi connectivity index (χ4v) is 3.14. The van der Waals surface area contributed by atoms with Crippen molar-refractivity contribution in [2.45, 2.75) is 39.5 Å². The number of amides is 2. The lowest BCUT2D eigenvalue weighted by Gasteiger charge is -2.24. The molecule has 2 aromatic rings. The van der Waals surface area contributed by atoms with Gasteiger partial charge in [0.25, 0.3) is 5.91 Å². The summed E-state index contributed by atoms with van der Waals surface area (Å²) in [5, 5.41) is 2.78. The van der Waals surface area contributed by atoms with Crippen LogP contribution in [0.4, 0.5) is 18.9 Å². The Bertz CT molecular complexity index is 911. The van der Waals surface area contributed by atoms with Crippen LogP contribution in [0.3, 0.4) is 0 Å². The largest absolute Gasteiger partial charge is 0.416 e. The van der Waals surface area contributed by atoms with Gasteiger partial charge in [-0.1, -0.05) is 24.3 Å². The summed E-state index contributed by atoms with van der Waals surface area (Å²) in [6.07, 6.45) is -4.41. The van der Waals surface area contributed by atoms with Gasteiger partial charge in [0.2, 0.25) is 5.91 Å². The third-order valence-electron chi connectivity index (χ3n) is 5.15. The van der Waals surface area contributed by atoms with Crippen molar-refractivity contribution in [1.29, 1.82) is 0 Å². The zero-order chi connectivity index (χ0) is 23.2. The Morgan fingerprint density at radius 2 is 1.68 bits per heavy atom. The van der Waals surface area contributed by atoms with Crippen molar-refractivity contribution in [3.8, 4) is 0 Å². The van der Waals surface area contributed by atoms with Crippen LogP contribution in [-0.2, 0) is 17.5 Å². The molecule has 0 radical (unpaired) electrons. The highest BCUT2D eigenvalue weighted by Gasteiger charge is 2.30. The number of halogens is 3. The second-order valence-electron chi connectivity index (χ2n) is 7.34. The Morgan fingerprint density at radius 1 is 1.03 bits per heavy atom. The average Bonchev–Trinajstić information content (AvgIpc) is 2.73. The predicted molar refractivity (Wildman–Crippen MR) is 115 cm³/mol. The molecule has 0 bridgehead atoms. The van der Waals surface area contributed by atoms with Crippen molar-refractivity contribution >= 4 is 17.5 Å². The summed E-state index contributed by atoms with van der Waals surface area (Å²) >= 11 is 0. The molecular weight excluding hydrogens is 407 g/mol. The Labute approximate surface area is 180 Å². The lowest BCUT2D eigenvalue weighted by molar-refractivity contribution is -0.137. The molecule has 168 valence electrons. The Morgan fingerprint density at radius 3 is 2.29 bits per heavy atom. The van der Waals surface area contributed by atoms with E-state index >= 15 is 0 Å². The van der Waals surface area contributed by atoms with Crippen LogP contribution in [0.2, 0.25) is 0 Å².